The van der Waals surface area contributed by atoms with E-state index in [2.05, 4.69) is 20.3 Å². The molecule has 106 valence electrons. The maximum Gasteiger partial charge on any atom is 0.352 e. The molecule has 0 aliphatic carbocycles. The molecule has 9 nitrogen and oxygen atoms in total. The number of nitro groups is 1. The number of hydrogen-bond donors (Lipinski definition) is 2. The van der Waals surface area contributed by atoms with Gasteiger partial charge in [0.05, 0.1) is 11.3 Å². The van der Waals surface area contributed by atoms with Crippen molar-refractivity contribution in [3.8, 4) is 0 Å². The summed E-state index contributed by atoms with van der Waals surface area (Å²) in [7, 11) is 0. The number of unbranched alkanes of at least 4 members (excludes halogenated alkanes) is 1. The third kappa shape index (κ3) is 3.40. The minimum atomic E-state index is -0.580. The highest BCUT2D eigenvalue weighted by atomic mass is 16.6. The van der Waals surface area contributed by atoms with Crippen molar-refractivity contribution in [1.29, 1.82) is 0 Å². The zero-order chi connectivity index (χ0) is 14.4. The Morgan fingerprint density at radius 1 is 1.40 bits per heavy atom. The van der Waals surface area contributed by atoms with Crippen molar-refractivity contribution in [2.45, 2.75) is 19.4 Å². The molecule has 0 aliphatic heterocycles. The Balaban J connectivity index is 1.82. The van der Waals surface area contributed by atoms with E-state index in [4.69, 9.17) is 5.73 Å². The van der Waals surface area contributed by atoms with Gasteiger partial charge in [-0.3, -0.25) is 10.1 Å². The molecule has 2 aromatic heterocycles. The molecule has 9 heteroatoms. The number of aryl methyl sites for hydroxylation is 1. The second-order valence-corrected chi connectivity index (χ2v) is 4.15. The van der Waals surface area contributed by atoms with E-state index < -0.39 is 4.92 Å². The third-order valence-corrected chi connectivity index (χ3v) is 2.73. The fourth-order valence-corrected chi connectivity index (χ4v) is 1.75. The Morgan fingerprint density at radius 2 is 2.25 bits per heavy atom. The van der Waals surface area contributed by atoms with E-state index in [9.17, 15) is 10.1 Å². The standard InChI is InChI=1S/C11H15N7O2/c12-10-9(18(19)20)11(16-7-15-10)14-3-1-2-5-17-6-4-13-8-17/h4,6-8H,1-3,5H2,(H3,12,14,15,16). The number of nitrogens with one attached hydrogen (secondary N) is 1. The van der Waals surface area contributed by atoms with E-state index in [1.807, 2.05) is 10.8 Å². The molecule has 0 fully saturated rings. The van der Waals surface area contributed by atoms with Gasteiger partial charge in [0.1, 0.15) is 6.33 Å². The fourth-order valence-electron chi connectivity index (χ4n) is 1.75. The van der Waals surface area contributed by atoms with Crippen LogP contribution in [0.1, 0.15) is 12.8 Å². The monoisotopic (exact) mass is 277 g/mol. The first kappa shape index (κ1) is 13.7. The van der Waals surface area contributed by atoms with Crippen LogP contribution in [0.15, 0.2) is 25.0 Å². The number of nitrogens with two attached hydrogens (primary N) is 1. The summed E-state index contributed by atoms with van der Waals surface area (Å²) in [6.45, 7) is 1.43. The number of nitrogen functional groups attached to an aromatic ring is 1. The summed E-state index contributed by atoms with van der Waals surface area (Å²) >= 11 is 0. The van der Waals surface area contributed by atoms with Gasteiger partial charge >= 0.3 is 5.69 Å². The third-order valence-electron chi connectivity index (χ3n) is 2.73. The summed E-state index contributed by atoms with van der Waals surface area (Å²) in [6.07, 6.45) is 8.35. The Morgan fingerprint density at radius 3 is 2.95 bits per heavy atom. The van der Waals surface area contributed by atoms with E-state index >= 15 is 0 Å². The van der Waals surface area contributed by atoms with Crippen LogP contribution in [0, 0.1) is 10.1 Å². The molecular formula is C11H15N7O2. The van der Waals surface area contributed by atoms with Crippen LogP contribution in [0.2, 0.25) is 0 Å². The second-order valence-electron chi connectivity index (χ2n) is 4.15. The summed E-state index contributed by atoms with van der Waals surface area (Å²) in [5, 5.41) is 13.8. The van der Waals surface area contributed by atoms with Crippen molar-refractivity contribution in [2.75, 3.05) is 17.6 Å². The lowest BCUT2D eigenvalue weighted by atomic mass is 10.3. The lowest BCUT2D eigenvalue weighted by molar-refractivity contribution is -0.383. The van der Waals surface area contributed by atoms with Gasteiger partial charge in [-0.05, 0) is 12.8 Å². The van der Waals surface area contributed by atoms with Crippen molar-refractivity contribution in [1.82, 2.24) is 19.5 Å². The largest absolute Gasteiger partial charge is 0.378 e. The van der Waals surface area contributed by atoms with Crippen molar-refractivity contribution in [3.05, 3.63) is 35.2 Å². The molecule has 0 aliphatic rings. The van der Waals surface area contributed by atoms with Gasteiger partial charge in [0.15, 0.2) is 0 Å². The van der Waals surface area contributed by atoms with Crippen LogP contribution in [0.4, 0.5) is 17.3 Å². The first-order valence-corrected chi connectivity index (χ1v) is 6.13. The van der Waals surface area contributed by atoms with Crippen LogP contribution in [-0.2, 0) is 6.54 Å². The SMILES string of the molecule is Nc1ncnc(NCCCCn2ccnc2)c1[N+](=O)[O-]. The van der Waals surface area contributed by atoms with Crippen molar-refractivity contribution in [2.24, 2.45) is 0 Å². The van der Waals surface area contributed by atoms with E-state index in [-0.39, 0.29) is 17.3 Å². The average Bonchev–Trinajstić information content (AvgIpc) is 2.91. The minimum Gasteiger partial charge on any atom is -0.378 e. The molecule has 0 spiro atoms. The zero-order valence-corrected chi connectivity index (χ0v) is 10.8. The van der Waals surface area contributed by atoms with Gasteiger partial charge in [0.2, 0.25) is 11.6 Å². The minimum absolute atomic E-state index is 0.133. The molecule has 0 unspecified atom stereocenters. The Bertz CT molecular complexity index is 570. The Hall–Kier alpha value is -2.71. The Kier molecular flexibility index (Phi) is 4.43. The van der Waals surface area contributed by atoms with Crippen LogP contribution < -0.4 is 11.1 Å². The Labute approximate surface area is 115 Å². The highest BCUT2D eigenvalue weighted by molar-refractivity contribution is 5.67. The molecule has 2 rings (SSSR count). The van der Waals surface area contributed by atoms with Gasteiger partial charge in [0, 0.05) is 25.5 Å². The lowest BCUT2D eigenvalue weighted by Crippen LogP contribution is -2.09. The molecule has 0 bridgehead atoms. The first-order valence-electron chi connectivity index (χ1n) is 6.13. The normalized spacial score (nSPS) is 10.4. The van der Waals surface area contributed by atoms with Crippen molar-refractivity contribution >= 4 is 17.3 Å². The van der Waals surface area contributed by atoms with Gasteiger partial charge in [0.25, 0.3) is 0 Å². The van der Waals surface area contributed by atoms with Gasteiger partial charge in [-0.15, -0.1) is 0 Å². The van der Waals surface area contributed by atoms with Crippen LogP contribution in [-0.4, -0.2) is 31.0 Å². The fraction of sp³-hybridized carbons (Fsp3) is 0.364. The topological polar surface area (TPSA) is 125 Å². The van der Waals surface area contributed by atoms with Crippen LogP contribution >= 0.6 is 0 Å². The predicted molar refractivity (Wildman–Crippen MR) is 73.0 cm³/mol. The second kappa shape index (κ2) is 6.45. The number of anilines is 2. The molecule has 0 saturated heterocycles. The number of hydrogen-bond acceptors (Lipinski definition) is 7. The molecular weight excluding hydrogens is 262 g/mol. The van der Waals surface area contributed by atoms with Crippen LogP contribution in [0.3, 0.4) is 0 Å². The molecule has 0 atom stereocenters. The quantitative estimate of drug-likeness (QED) is 0.440. The molecule has 0 saturated carbocycles. The van der Waals surface area contributed by atoms with Crippen molar-refractivity contribution < 1.29 is 4.92 Å². The molecule has 3 N–H and O–H groups in total. The summed E-state index contributed by atoms with van der Waals surface area (Å²) < 4.78 is 1.98. The molecule has 0 radical (unpaired) electrons. The number of nitrogens with zero attached hydrogens (tertiary/aromatic N) is 5. The van der Waals surface area contributed by atoms with E-state index in [0.717, 1.165) is 19.4 Å². The van der Waals surface area contributed by atoms with Gasteiger partial charge in [-0.2, -0.15) is 0 Å². The maximum atomic E-state index is 10.9. The highest BCUT2D eigenvalue weighted by Crippen LogP contribution is 2.25. The summed E-state index contributed by atoms with van der Waals surface area (Å²) in [5.74, 6) is 0.0241. The zero-order valence-electron chi connectivity index (χ0n) is 10.8. The molecule has 2 heterocycles. The van der Waals surface area contributed by atoms with Crippen LogP contribution in [0.25, 0.3) is 0 Å². The number of rotatable bonds is 7. The number of aromatic nitrogens is 4. The van der Waals surface area contributed by atoms with Crippen molar-refractivity contribution in [3.63, 3.8) is 0 Å². The highest BCUT2D eigenvalue weighted by Gasteiger charge is 2.20. The number of imidazole rings is 1. The van der Waals surface area contributed by atoms with Gasteiger partial charge in [-0.25, -0.2) is 15.0 Å². The smallest absolute Gasteiger partial charge is 0.352 e. The van der Waals surface area contributed by atoms with E-state index in [1.54, 1.807) is 12.5 Å². The summed E-state index contributed by atoms with van der Waals surface area (Å²) in [6, 6.07) is 0. The van der Waals surface area contributed by atoms with Gasteiger partial charge in [-0.1, -0.05) is 0 Å². The van der Waals surface area contributed by atoms with Crippen LogP contribution in [0.5, 0.6) is 0 Å². The van der Waals surface area contributed by atoms with E-state index in [0.29, 0.717) is 6.54 Å². The predicted octanol–water partition coefficient (Wildman–Crippen LogP) is 1.06. The molecule has 0 amide bonds. The summed E-state index contributed by atoms with van der Waals surface area (Å²) in [4.78, 5) is 21.7. The average molecular weight is 277 g/mol. The molecule has 2 aromatic rings. The van der Waals surface area contributed by atoms with E-state index in [1.165, 1.54) is 6.33 Å². The maximum absolute atomic E-state index is 10.9. The molecule has 0 aromatic carbocycles. The van der Waals surface area contributed by atoms with Gasteiger partial charge < -0.3 is 15.6 Å². The first-order chi connectivity index (χ1) is 9.68. The summed E-state index contributed by atoms with van der Waals surface area (Å²) in [5.41, 5.74) is 5.20. The lowest BCUT2D eigenvalue weighted by Gasteiger charge is -2.07. The molecule has 20 heavy (non-hydrogen) atoms.